The molecule has 0 aromatic heterocycles. The van der Waals surface area contributed by atoms with E-state index in [4.69, 9.17) is 5.11 Å². The van der Waals surface area contributed by atoms with Crippen molar-refractivity contribution in [3.63, 3.8) is 0 Å². The zero-order valence-corrected chi connectivity index (χ0v) is 11.6. The van der Waals surface area contributed by atoms with E-state index >= 15 is 0 Å². The smallest absolute Gasteiger partial charge is 0.314 e. The summed E-state index contributed by atoms with van der Waals surface area (Å²) in [6.07, 6.45) is 0.760. The molecular formula is C16H16N2O3. The first-order valence-electron chi connectivity index (χ1n) is 6.59. The standard InChI is InChI=1S/C16H16N2O3/c1-2-11-5-3-4-6-14(11)18-16(21)15(20)17-12-7-9-13(19)10-8-12/h3-10,19H,2H2,1H3,(H,17,20)(H,18,21). The van der Waals surface area contributed by atoms with E-state index in [9.17, 15) is 9.59 Å². The molecule has 0 aliphatic heterocycles. The third-order valence-corrected chi connectivity index (χ3v) is 2.98. The van der Waals surface area contributed by atoms with Crippen LogP contribution in [0.3, 0.4) is 0 Å². The second kappa shape index (κ2) is 6.56. The minimum Gasteiger partial charge on any atom is -0.508 e. The van der Waals surface area contributed by atoms with Gasteiger partial charge in [-0.15, -0.1) is 0 Å². The van der Waals surface area contributed by atoms with Crippen LogP contribution in [0.5, 0.6) is 5.75 Å². The van der Waals surface area contributed by atoms with Gasteiger partial charge < -0.3 is 15.7 Å². The zero-order valence-electron chi connectivity index (χ0n) is 11.6. The Bertz CT molecular complexity index is 651. The van der Waals surface area contributed by atoms with Gasteiger partial charge in [-0.05, 0) is 42.3 Å². The van der Waals surface area contributed by atoms with E-state index in [-0.39, 0.29) is 5.75 Å². The molecule has 5 heteroatoms. The van der Waals surface area contributed by atoms with Crippen LogP contribution in [-0.4, -0.2) is 16.9 Å². The summed E-state index contributed by atoms with van der Waals surface area (Å²) in [6, 6.07) is 13.2. The Morgan fingerprint density at radius 1 is 0.952 bits per heavy atom. The number of phenols is 1. The van der Waals surface area contributed by atoms with Gasteiger partial charge in [0.2, 0.25) is 0 Å². The number of carbonyl (C=O) groups excluding carboxylic acids is 2. The van der Waals surface area contributed by atoms with Crippen molar-refractivity contribution >= 4 is 23.2 Å². The molecule has 0 unspecified atom stereocenters. The van der Waals surface area contributed by atoms with Crippen LogP contribution in [0, 0.1) is 0 Å². The molecule has 0 atom stereocenters. The fraction of sp³-hybridized carbons (Fsp3) is 0.125. The van der Waals surface area contributed by atoms with E-state index in [0.717, 1.165) is 12.0 Å². The van der Waals surface area contributed by atoms with Crippen molar-refractivity contribution in [1.82, 2.24) is 0 Å². The van der Waals surface area contributed by atoms with Gasteiger partial charge in [0.25, 0.3) is 0 Å². The topological polar surface area (TPSA) is 78.4 Å². The number of anilines is 2. The van der Waals surface area contributed by atoms with E-state index in [2.05, 4.69) is 10.6 Å². The molecule has 0 aliphatic rings. The number of para-hydroxylation sites is 1. The van der Waals surface area contributed by atoms with Gasteiger partial charge >= 0.3 is 11.8 Å². The fourth-order valence-corrected chi connectivity index (χ4v) is 1.86. The number of amides is 2. The highest BCUT2D eigenvalue weighted by molar-refractivity contribution is 6.43. The molecule has 0 fully saturated rings. The van der Waals surface area contributed by atoms with Crippen LogP contribution >= 0.6 is 0 Å². The molecule has 0 aliphatic carbocycles. The van der Waals surface area contributed by atoms with Crippen LogP contribution in [0.1, 0.15) is 12.5 Å². The van der Waals surface area contributed by atoms with Crippen molar-refractivity contribution in [1.29, 1.82) is 0 Å². The third-order valence-electron chi connectivity index (χ3n) is 2.98. The number of phenolic OH excluding ortho intramolecular Hbond substituents is 1. The largest absolute Gasteiger partial charge is 0.508 e. The zero-order chi connectivity index (χ0) is 15.2. The van der Waals surface area contributed by atoms with Crippen molar-refractivity contribution in [3.8, 4) is 5.75 Å². The molecule has 2 rings (SSSR count). The number of benzene rings is 2. The summed E-state index contributed by atoms with van der Waals surface area (Å²) in [5, 5.41) is 14.2. The first-order valence-corrected chi connectivity index (χ1v) is 6.59. The van der Waals surface area contributed by atoms with Crippen LogP contribution in [0.25, 0.3) is 0 Å². The van der Waals surface area contributed by atoms with Crippen molar-refractivity contribution in [3.05, 3.63) is 54.1 Å². The Labute approximate surface area is 122 Å². The lowest BCUT2D eigenvalue weighted by Gasteiger charge is -2.09. The quantitative estimate of drug-likeness (QED) is 0.598. The summed E-state index contributed by atoms with van der Waals surface area (Å²) < 4.78 is 0. The maximum atomic E-state index is 11.9. The molecule has 2 aromatic carbocycles. The second-order valence-electron chi connectivity index (χ2n) is 4.47. The molecule has 0 spiro atoms. The van der Waals surface area contributed by atoms with Gasteiger partial charge in [-0.25, -0.2) is 0 Å². The first-order chi connectivity index (χ1) is 10.1. The first kappa shape index (κ1) is 14.6. The maximum absolute atomic E-state index is 11.9. The minimum absolute atomic E-state index is 0.0920. The molecule has 0 saturated heterocycles. The summed E-state index contributed by atoms with van der Waals surface area (Å²) in [5.41, 5.74) is 2.03. The average Bonchev–Trinajstić information content (AvgIpc) is 2.50. The molecule has 21 heavy (non-hydrogen) atoms. The van der Waals surface area contributed by atoms with E-state index in [1.807, 2.05) is 19.1 Å². The Morgan fingerprint density at radius 3 is 2.24 bits per heavy atom. The van der Waals surface area contributed by atoms with Crippen molar-refractivity contribution in [2.24, 2.45) is 0 Å². The summed E-state index contributed by atoms with van der Waals surface area (Å²) >= 11 is 0. The van der Waals surface area contributed by atoms with Crippen LogP contribution in [0.4, 0.5) is 11.4 Å². The van der Waals surface area contributed by atoms with Crippen LogP contribution in [0.2, 0.25) is 0 Å². The van der Waals surface area contributed by atoms with E-state index < -0.39 is 11.8 Å². The summed E-state index contributed by atoms with van der Waals surface area (Å²) in [7, 11) is 0. The Kier molecular flexibility index (Phi) is 4.56. The lowest BCUT2D eigenvalue weighted by Crippen LogP contribution is -2.29. The summed E-state index contributed by atoms with van der Waals surface area (Å²) in [6.45, 7) is 1.97. The molecule has 0 saturated carbocycles. The SMILES string of the molecule is CCc1ccccc1NC(=O)C(=O)Nc1ccc(O)cc1. The van der Waals surface area contributed by atoms with Crippen molar-refractivity contribution < 1.29 is 14.7 Å². The normalized spacial score (nSPS) is 9.95. The molecule has 108 valence electrons. The lowest BCUT2D eigenvalue weighted by atomic mass is 10.1. The van der Waals surface area contributed by atoms with Crippen LogP contribution in [0.15, 0.2) is 48.5 Å². The number of aromatic hydroxyl groups is 1. The Morgan fingerprint density at radius 2 is 1.57 bits per heavy atom. The minimum atomic E-state index is -0.758. The summed E-state index contributed by atoms with van der Waals surface area (Å²) in [4.78, 5) is 23.7. The highest BCUT2D eigenvalue weighted by atomic mass is 16.3. The van der Waals surface area contributed by atoms with Crippen LogP contribution in [-0.2, 0) is 16.0 Å². The highest BCUT2D eigenvalue weighted by Gasteiger charge is 2.15. The second-order valence-corrected chi connectivity index (χ2v) is 4.47. The van der Waals surface area contributed by atoms with E-state index in [1.165, 1.54) is 24.3 Å². The van der Waals surface area contributed by atoms with Gasteiger partial charge in [0.05, 0.1) is 0 Å². The average molecular weight is 284 g/mol. The van der Waals surface area contributed by atoms with Gasteiger partial charge in [0.1, 0.15) is 5.75 Å². The lowest BCUT2D eigenvalue weighted by molar-refractivity contribution is -0.133. The highest BCUT2D eigenvalue weighted by Crippen LogP contribution is 2.16. The number of hydrogen-bond donors (Lipinski definition) is 3. The van der Waals surface area contributed by atoms with Gasteiger partial charge in [-0.3, -0.25) is 9.59 Å². The molecule has 2 amide bonds. The molecular weight excluding hydrogens is 268 g/mol. The van der Waals surface area contributed by atoms with Crippen molar-refractivity contribution in [2.45, 2.75) is 13.3 Å². The number of rotatable bonds is 3. The molecule has 0 radical (unpaired) electrons. The predicted octanol–water partition coefficient (Wildman–Crippen LogP) is 2.53. The Hall–Kier alpha value is -2.82. The maximum Gasteiger partial charge on any atom is 0.314 e. The Balaban J connectivity index is 2.02. The van der Waals surface area contributed by atoms with Crippen LogP contribution < -0.4 is 10.6 Å². The van der Waals surface area contributed by atoms with Gasteiger partial charge in [0, 0.05) is 11.4 Å². The van der Waals surface area contributed by atoms with Crippen molar-refractivity contribution in [2.75, 3.05) is 10.6 Å². The van der Waals surface area contributed by atoms with E-state index in [0.29, 0.717) is 11.4 Å². The van der Waals surface area contributed by atoms with Gasteiger partial charge in [-0.1, -0.05) is 25.1 Å². The summed E-state index contributed by atoms with van der Waals surface area (Å²) in [5.74, 6) is -1.40. The number of aryl methyl sites for hydroxylation is 1. The van der Waals surface area contributed by atoms with Gasteiger partial charge in [-0.2, -0.15) is 0 Å². The molecule has 3 N–H and O–H groups in total. The van der Waals surface area contributed by atoms with Gasteiger partial charge in [0.15, 0.2) is 0 Å². The third kappa shape index (κ3) is 3.82. The molecule has 5 nitrogen and oxygen atoms in total. The molecule has 0 heterocycles. The number of nitrogens with one attached hydrogen (secondary N) is 2. The number of carbonyl (C=O) groups is 2. The molecule has 2 aromatic rings. The number of hydrogen-bond acceptors (Lipinski definition) is 3. The van der Waals surface area contributed by atoms with E-state index in [1.54, 1.807) is 12.1 Å². The molecule has 0 bridgehead atoms. The fourth-order valence-electron chi connectivity index (χ4n) is 1.86. The predicted molar refractivity (Wildman–Crippen MR) is 81.2 cm³/mol. The monoisotopic (exact) mass is 284 g/mol.